The number of nitrogens with one attached hydrogen (secondary N) is 1. The molecule has 19 heavy (non-hydrogen) atoms. The van der Waals surface area contributed by atoms with E-state index in [0.29, 0.717) is 12.6 Å². The summed E-state index contributed by atoms with van der Waals surface area (Å²) in [5, 5.41) is 3.39. The Kier molecular flexibility index (Phi) is 4.68. The zero-order valence-corrected chi connectivity index (χ0v) is 12.4. The molecule has 1 N–H and O–H groups in total. The molecule has 5 heteroatoms. The second kappa shape index (κ2) is 6.09. The lowest BCUT2D eigenvalue weighted by atomic mass is 9.86. The van der Waals surface area contributed by atoms with Crippen LogP contribution in [0.4, 0.5) is 4.79 Å². The molecule has 1 amide bonds. The summed E-state index contributed by atoms with van der Waals surface area (Å²) >= 11 is 0. The monoisotopic (exact) mass is 269 g/mol. The number of hydrogen-bond donors (Lipinski definition) is 1. The Morgan fingerprint density at radius 2 is 2.00 bits per heavy atom. The topological polar surface area (TPSA) is 44.8 Å². The number of ether oxygens (including phenoxy) is 1. The van der Waals surface area contributed by atoms with Gasteiger partial charge >= 0.3 is 6.09 Å². The fourth-order valence-corrected chi connectivity index (χ4v) is 3.27. The Bertz CT molecular complexity index is 314. The number of likely N-dealkylation sites (tertiary alicyclic amines) is 1. The van der Waals surface area contributed by atoms with Crippen LogP contribution in [0.25, 0.3) is 0 Å². The second-order valence-electron chi connectivity index (χ2n) is 6.10. The van der Waals surface area contributed by atoms with Crippen LogP contribution < -0.4 is 5.32 Å². The Morgan fingerprint density at radius 1 is 1.32 bits per heavy atom. The van der Waals surface area contributed by atoms with Crippen molar-refractivity contribution in [3.05, 3.63) is 0 Å². The SMILES string of the molecule is CCOC(=O)N1CCC(N2CCNCC2)CC1(C)C. The van der Waals surface area contributed by atoms with E-state index in [-0.39, 0.29) is 11.6 Å². The van der Waals surface area contributed by atoms with Gasteiger partial charge in [-0.2, -0.15) is 0 Å². The second-order valence-corrected chi connectivity index (χ2v) is 6.10. The van der Waals surface area contributed by atoms with Gasteiger partial charge in [-0.3, -0.25) is 4.90 Å². The largest absolute Gasteiger partial charge is 0.450 e. The number of carbonyl (C=O) groups is 1. The number of hydrogen-bond acceptors (Lipinski definition) is 4. The summed E-state index contributed by atoms with van der Waals surface area (Å²) in [6.07, 6.45) is 1.93. The summed E-state index contributed by atoms with van der Waals surface area (Å²) in [7, 11) is 0. The number of rotatable bonds is 2. The number of amides is 1. The van der Waals surface area contributed by atoms with Gasteiger partial charge in [0.05, 0.1) is 6.61 Å². The van der Waals surface area contributed by atoms with Crippen molar-refractivity contribution >= 4 is 6.09 Å². The lowest BCUT2D eigenvalue weighted by molar-refractivity contribution is 0.00897. The predicted octanol–water partition coefficient (Wildman–Crippen LogP) is 1.29. The lowest BCUT2D eigenvalue weighted by Gasteiger charge is -2.48. The Labute approximate surface area is 116 Å². The van der Waals surface area contributed by atoms with Crippen LogP contribution in [0.15, 0.2) is 0 Å². The third kappa shape index (κ3) is 3.39. The van der Waals surface area contributed by atoms with Crippen LogP contribution in [-0.2, 0) is 4.74 Å². The Morgan fingerprint density at radius 3 is 2.58 bits per heavy atom. The van der Waals surface area contributed by atoms with Crippen LogP contribution >= 0.6 is 0 Å². The number of piperidine rings is 1. The fourth-order valence-electron chi connectivity index (χ4n) is 3.27. The van der Waals surface area contributed by atoms with E-state index < -0.39 is 0 Å². The van der Waals surface area contributed by atoms with E-state index >= 15 is 0 Å². The zero-order chi connectivity index (χ0) is 13.9. The maximum atomic E-state index is 12.0. The average Bonchev–Trinajstić information content (AvgIpc) is 2.38. The number of nitrogens with zero attached hydrogens (tertiary/aromatic N) is 2. The lowest BCUT2D eigenvalue weighted by Crippen LogP contribution is -2.59. The van der Waals surface area contributed by atoms with Gasteiger partial charge in [0.2, 0.25) is 0 Å². The fraction of sp³-hybridized carbons (Fsp3) is 0.929. The normalized spacial score (nSPS) is 28.2. The molecule has 0 aromatic rings. The third-order valence-electron chi connectivity index (χ3n) is 4.31. The van der Waals surface area contributed by atoms with E-state index in [1.807, 2.05) is 11.8 Å². The molecular formula is C14H27N3O2. The Balaban J connectivity index is 1.95. The van der Waals surface area contributed by atoms with Gasteiger partial charge in [-0.25, -0.2) is 4.79 Å². The average molecular weight is 269 g/mol. The number of carbonyl (C=O) groups excluding carboxylic acids is 1. The quantitative estimate of drug-likeness (QED) is 0.820. The van der Waals surface area contributed by atoms with E-state index in [1.54, 1.807) is 0 Å². The molecule has 0 bridgehead atoms. The van der Waals surface area contributed by atoms with Crippen LogP contribution in [0.2, 0.25) is 0 Å². The van der Waals surface area contributed by atoms with E-state index in [0.717, 1.165) is 45.6 Å². The van der Waals surface area contributed by atoms with Crippen molar-refractivity contribution in [2.75, 3.05) is 39.3 Å². The molecule has 110 valence electrons. The van der Waals surface area contributed by atoms with Gasteiger partial charge in [-0.1, -0.05) is 0 Å². The summed E-state index contributed by atoms with van der Waals surface area (Å²) in [6, 6.07) is 0.600. The smallest absolute Gasteiger partial charge is 0.410 e. The molecule has 2 aliphatic heterocycles. The van der Waals surface area contributed by atoms with Gasteiger partial charge in [-0.05, 0) is 33.6 Å². The molecule has 2 rings (SSSR count). The molecule has 0 aromatic carbocycles. The molecule has 2 fully saturated rings. The molecular weight excluding hydrogens is 242 g/mol. The Hall–Kier alpha value is -0.810. The summed E-state index contributed by atoms with van der Waals surface area (Å²) < 4.78 is 5.16. The van der Waals surface area contributed by atoms with E-state index in [2.05, 4.69) is 24.1 Å². The van der Waals surface area contributed by atoms with E-state index in [4.69, 9.17) is 4.74 Å². The molecule has 2 aliphatic rings. The van der Waals surface area contributed by atoms with Crippen LogP contribution in [0.1, 0.15) is 33.6 Å². The van der Waals surface area contributed by atoms with Crippen molar-refractivity contribution in [1.29, 1.82) is 0 Å². The van der Waals surface area contributed by atoms with Crippen molar-refractivity contribution in [3.63, 3.8) is 0 Å². The van der Waals surface area contributed by atoms with Gasteiger partial charge in [0, 0.05) is 44.3 Å². The summed E-state index contributed by atoms with van der Waals surface area (Å²) in [5.74, 6) is 0. The molecule has 1 unspecified atom stereocenters. The minimum atomic E-state index is -0.161. The highest BCUT2D eigenvalue weighted by Gasteiger charge is 2.40. The molecule has 0 spiro atoms. The molecule has 0 aliphatic carbocycles. The summed E-state index contributed by atoms with van der Waals surface area (Å²) in [4.78, 5) is 16.4. The van der Waals surface area contributed by atoms with Crippen LogP contribution in [0, 0.1) is 0 Å². The highest BCUT2D eigenvalue weighted by molar-refractivity contribution is 5.68. The molecule has 2 heterocycles. The molecule has 1 atom stereocenters. The first-order valence-corrected chi connectivity index (χ1v) is 7.44. The third-order valence-corrected chi connectivity index (χ3v) is 4.31. The first kappa shape index (κ1) is 14.6. The van der Waals surface area contributed by atoms with Gasteiger partial charge in [0.1, 0.15) is 0 Å². The standard InChI is InChI=1S/C14H27N3O2/c1-4-19-13(18)17-8-5-12(11-14(17,2)3)16-9-6-15-7-10-16/h12,15H,4-11H2,1-3H3. The number of piperazine rings is 1. The first-order valence-electron chi connectivity index (χ1n) is 7.44. The zero-order valence-electron chi connectivity index (χ0n) is 12.4. The highest BCUT2D eigenvalue weighted by atomic mass is 16.6. The summed E-state index contributed by atoms with van der Waals surface area (Å²) in [6.45, 7) is 11.8. The van der Waals surface area contributed by atoms with Crippen molar-refractivity contribution in [2.24, 2.45) is 0 Å². The summed E-state index contributed by atoms with van der Waals surface area (Å²) in [5.41, 5.74) is -0.111. The maximum Gasteiger partial charge on any atom is 0.410 e. The predicted molar refractivity (Wildman–Crippen MR) is 75.3 cm³/mol. The van der Waals surface area contributed by atoms with E-state index in [1.165, 1.54) is 0 Å². The van der Waals surface area contributed by atoms with Crippen molar-refractivity contribution in [1.82, 2.24) is 15.1 Å². The van der Waals surface area contributed by atoms with Gasteiger partial charge < -0.3 is 15.0 Å². The van der Waals surface area contributed by atoms with Crippen molar-refractivity contribution < 1.29 is 9.53 Å². The molecule has 2 saturated heterocycles. The minimum Gasteiger partial charge on any atom is -0.450 e. The maximum absolute atomic E-state index is 12.0. The van der Waals surface area contributed by atoms with Crippen molar-refractivity contribution in [3.8, 4) is 0 Å². The molecule has 5 nitrogen and oxygen atoms in total. The molecule has 0 radical (unpaired) electrons. The van der Waals surface area contributed by atoms with Crippen LogP contribution in [-0.4, -0.2) is 66.8 Å². The van der Waals surface area contributed by atoms with E-state index in [9.17, 15) is 4.79 Å². The highest BCUT2D eigenvalue weighted by Crippen LogP contribution is 2.31. The van der Waals surface area contributed by atoms with Crippen LogP contribution in [0.3, 0.4) is 0 Å². The minimum absolute atomic E-state index is 0.111. The van der Waals surface area contributed by atoms with Crippen LogP contribution in [0.5, 0.6) is 0 Å². The van der Waals surface area contributed by atoms with Crippen molar-refractivity contribution in [2.45, 2.75) is 45.2 Å². The van der Waals surface area contributed by atoms with Gasteiger partial charge in [0.25, 0.3) is 0 Å². The molecule has 0 aromatic heterocycles. The first-order chi connectivity index (χ1) is 9.04. The van der Waals surface area contributed by atoms with Gasteiger partial charge in [0.15, 0.2) is 0 Å². The molecule has 0 saturated carbocycles. The van der Waals surface area contributed by atoms with Gasteiger partial charge in [-0.15, -0.1) is 0 Å².